The molecule has 0 saturated carbocycles. The molecule has 0 radical (unpaired) electrons. The summed E-state index contributed by atoms with van der Waals surface area (Å²) in [7, 11) is 0. The van der Waals surface area contributed by atoms with Crippen LogP contribution in [0.2, 0.25) is 0 Å². The molecule has 13 heavy (non-hydrogen) atoms. The van der Waals surface area contributed by atoms with Gasteiger partial charge in [-0.25, -0.2) is 9.97 Å². The fraction of sp³-hybridized carbons (Fsp3) is 0.125. The van der Waals surface area contributed by atoms with Crippen LogP contribution in [-0.2, 0) is 0 Å². The maximum atomic E-state index is 11.0. The van der Waals surface area contributed by atoms with Gasteiger partial charge in [0.2, 0.25) is 0 Å². The standard InChI is InChI=1S/C8H6BrN3O/c1-5(13)6-4-12-7(9)2-11-8(12)3-10-6/h2-4H,1H3. The number of halogens is 1. The number of imidazole rings is 1. The number of carbonyl (C=O) groups excluding carboxylic acids is 1. The summed E-state index contributed by atoms with van der Waals surface area (Å²) in [6, 6.07) is 0. The van der Waals surface area contributed by atoms with Crippen LogP contribution < -0.4 is 0 Å². The van der Waals surface area contributed by atoms with E-state index >= 15 is 0 Å². The van der Waals surface area contributed by atoms with E-state index in [2.05, 4.69) is 25.9 Å². The minimum Gasteiger partial charge on any atom is -0.293 e. The SMILES string of the molecule is CC(=O)c1cn2c(Br)cnc2cn1. The molecular formula is C8H6BrN3O. The summed E-state index contributed by atoms with van der Waals surface area (Å²) < 4.78 is 2.58. The summed E-state index contributed by atoms with van der Waals surface area (Å²) in [6.45, 7) is 1.49. The first-order chi connectivity index (χ1) is 6.18. The average molecular weight is 240 g/mol. The fourth-order valence-corrected chi connectivity index (χ4v) is 1.43. The van der Waals surface area contributed by atoms with Gasteiger partial charge in [0.1, 0.15) is 10.3 Å². The number of nitrogens with zero attached hydrogens (tertiary/aromatic N) is 3. The van der Waals surface area contributed by atoms with Crippen LogP contribution >= 0.6 is 15.9 Å². The van der Waals surface area contributed by atoms with Gasteiger partial charge in [-0.3, -0.25) is 9.20 Å². The van der Waals surface area contributed by atoms with E-state index in [0.717, 1.165) is 10.3 Å². The van der Waals surface area contributed by atoms with Gasteiger partial charge < -0.3 is 0 Å². The minimum absolute atomic E-state index is 0.0532. The Morgan fingerprint density at radius 3 is 2.92 bits per heavy atom. The molecule has 2 aromatic rings. The van der Waals surface area contributed by atoms with Gasteiger partial charge in [0.05, 0.1) is 12.4 Å². The smallest absolute Gasteiger partial charge is 0.179 e. The number of carbonyl (C=O) groups is 1. The fourth-order valence-electron chi connectivity index (χ4n) is 1.04. The molecule has 0 aliphatic carbocycles. The van der Waals surface area contributed by atoms with Gasteiger partial charge in [0.15, 0.2) is 11.4 Å². The molecule has 0 aliphatic rings. The third-order valence-electron chi connectivity index (χ3n) is 1.71. The molecule has 0 spiro atoms. The molecule has 2 rings (SSSR count). The minimum atomic E-state index is -0.0532. The quantitative estimate of drug-likeness (QED) is 0.712. The van der Waals surface area contributed by atoms with Crippen molar-refractivity contribution in [3.8, 4) is 0 Å². The first-order valence-electron chi connectivity index (χ1n) is 3.68. The second-order valence-corrected chi connectivity index (χ2v) is 3.45. The summed E-state index contributed by atoms with van der Waals surface area (Å²) in [5, 5.41) is 0. The van der Waals surface area contributed by atoms with Gasteiger partial charge in [0.25, 0.3) is 0 Å². The Labute approximate surface area is 82.7 Å². The van der Waals surface area contributed by atoms with Crippen LogP contribution in [0.25, 0.3) is 5.65 Å². The predicted molar refractivity (Wildman–Crippen MR) is 50.7 cm³/mol. The second kappa shape index (κ2) is 2.92. The van der Waals surface area contributed by atoms with Gasteiger partial charge in [-0.05, 0) is 15.9 Å². The largest absolute Gasteiger partial charge is 0.293 e. The van der Waals surface area contributed by atoms with Crippen LogP contribution in [0.3, 0.4) is 0 Å². The van der Waals surface area contributed by atoms with Crippen LogP contribution in [0, 0.1) is 0 Å². The van der Waals surface area contributed by atoms with E-state index in [4.69, 9.17) is 0 Å². The van der Waals surface area contributed by atoms with Crippen molar-refractivity contribution in [2.75, 3.05) is 0 Å². The van der Waals surface area contributed by atoms with Gasteiger partial charge in [-0.15, -0.1) is 0 Å². The molecule has 0 atom stereocenters. The van der Waals surface area contributed by atoms with Gasteiger partial charge in [0, 0.05) is 13.1 Å². The first-order valence-corrected chi connectivity index (χ1v) is 4.47. The average Bonchev–Trinajstić information content (AvgIpc) is 2.47. The molecule has 2 heterocycles. The van der Waals surface area contributed by atoms with E-state index in [1.165, 1.54) is 6.92 Å². The third-order valence-corrected chi connectivity index (χ3v) is 2.30. The van der Waals surface area contributed by atoms with Crippen LogP contribution in [0.15, 0.2) is 23.2 Å². The maximum absolute atomic E-state index is 11.0. The number of hydrogen-bond acceptors (Lipinski definition) is 3. The van der Waals surface area contributed by atoms with Crippen molar-refractivity contribution in [2.24, 2.45) is 0 Å². The van der Waals surface area contributed by atoms with Crippen LogP contribution in [-0.4, -0.2) is 20.2 Å². The number of rotatable bonds is 1. The zero-order valence-electron chi connectivity index (χ0n) is 6.86. The van der Waals surface area contributed by atoms with Gasteiger partial charge in [-0.2, -0.15) is 0 Å². The molecular weight excluding hydrogens is 234 g/mol. The van der Waals surface area contributed by atoms with Crippen molar-refractivity contribution >= 4 is 27.4 Å². The number of Topliss-reactive ketones (excluding diaryl/α,β-unsaturated/α-hetero) is 1. The van der Waals surface area contributed by atoms with E-state index < -0.39 is 0 Å². The van der Waals surface area contributed by atoms with Crippen molar-refractivity contribution in [1.82, 2.24) is 14.4 Å². The van der Waals surface area contributed by atoms with Crippen LogP contribution in [0.5, 0.6) is 0 Å². The highest BCUT2D eigenvalue weighted by molar-refractivity contribution is 9.10. The lowest BCUT2D eigenvalue weighted by atomic mass is 10.3. The highest BCUT2D eigenvalue weighted by Gasteiger charge is 2.04. The number of hydrogen-bond donors (Lipinski definition) is 0. The summed E-state index contributed by atoms with van der Waals surface area (Å²) in [4.78, 5) is 19.0. The van der Waals surface area contributed by atoms with Gasteiger partial charge in [-0.1, -0.05) is 0 Å². The van der Waals surface area contributed by atoms with Crippen molar-refractivity contribution in [3.05, 3.63) is 28.9 Å². The van der Waals surface area contributed by atoms with Crippen molar-refractivity contribution in [3.63, 3.8) is 0 Å². The summed E-state index contributed by atoms with van der Waals surface area (Å²) in [5.41, 5.74) is 1.16. The highest BCUT2D eigenvalue weighted by atomic mass is 79.9. The molecule has 0 unspecified atom stereocenters. The maximum Gasteiger partial charge on any atom is 0.179 e. The highest BCUT2D eigenvalue weighted by Crippen LogP contribution is 2.12. The van der Waals surface area contributed by atoms with E-state index in [1.807, 2.05) is 0 Å². The predicted octanol–water partition coefficient (Wildman–Crippen LogP) is 1.69. The Balaban J connectivity index is 2.72. The van der Waals surface area contributed by atoms with E-state index in [9.17, 15) is 4.79 Å². The Morgan fingerprint density at radius 1 is 1.46 bits per heavy atom. The number of aromatic nitrogens is 3. The molecule has 0 N–H and O–H groups in total. The molecule has 66 valence electrons. The zero-order valence-corrected chi connectivity index (χ0v) is 8.45. The molecule has 4 nitrogen and oxygen atoms in total. The van der Waals surface area contributed by atoms with E-state index in [0.29, 0.717) is 5.69 Å². The summed E-state index contributed by atoms with van der Waals surface area (Å²) in [6.07, 6.45) is 4.90. The van der Waals surface area contributed by atoms with E-state index in [-0.39, 0.29) is 5.78 Å². The molecule has 5 heteroatoms. The molecule has 0 fully saturated rings. The zero-order chi connectivity index (χ0) is 9.42. The molecule has 0 aliphatic heterocycles. The first kappa shape index (κ1) is 8.37. The lowest BCUT2D eigenvalue weighted by Crippen LogP contribution is -1.99. The van der Waals surface area contributed by atoms with E-state index in [1.54, 1.807) is 23.0 Å². The van der Waals surface area contributed by atoms with Gasteiger partial charge >= 0.3 is 0 Å². The van der Waals surface area contributed by atoms with Crippen molar-refractivity contribution in [1.29, 1.82) is 0 Å². The third kappa shape index (κ3) is 1.35. The molecule has 0 amide bonds. The number of fused-ring (bicyclic) bond motifs is 1. The molecule has 0 saturated heterocycles. The molecule has 0 bridgehead atoms. The normalized spacial score (nSPS) is 10.6. The van der Waals surface area contributed by atoms with Crippen LogP contribution in [0.1, 0.15) is 17.4 Å². The Morgan fingerprint density at radius 2 is 2.23 bits per heavy atom. The monoisotopic (exact) mass is 239 g/mol. The topological polar surface area (TPSA) is 47.3 Å². The lowest BCUT2D eigenvalue weighted by Gasteiger charge is -1.97. The van der Waals surface area contributed by atoms with Crippen molar-refractivity contribution in [2.45, 2.75) is 6.92 Å². The molecule has 0 aromatic carbocycles. The Bertz CT molecular complexity index is 477. The van der Waals surface area contributed by atoms with Crippen LogP contribution in [0.4, 0.5) is 0 Å². The summed E-state index contributed by atoms with van der Waals surface area (Å²) >= 11 is 3.31. The number of ketones is 1. The van der Waals surface area contributed by atoms with Crippen molar-refractivity contribution < 1.29 is 4.79 Å². The summed E-state index contributed by atoms with van der Waals surface area (Å²) in [5.74, 6) is -0.0532. The Kier molecular flexibility index (Phi) is 1.88. The molecule has 2 aromatic heterocycles. The Hall–Kier alpha value is -1.23. The second-order valence-electron chi connectivity index (χ2n) is 2.64. The lowest BCUT2D eigenvalue weighted by molar-refractivity contribution is 0.101.